The minimum atomic E-state index is -3.58. The molecule has 0 aliphatic rings. The zero-order valence-corrected chi connectivity index (χ0v) is 15.7. The molecule has 0 aliphatic heterocycles. The molecule has 0 saturated heterocycles. The Bertz CT molecular complexity index is 738. The van der Waals surface area contributed by atoms with Gasteiger partial charge in [-0.3, -0.25) is 0 Å². The summed E-state index contributed by atoms with van der Waals surface area (Å²) in [5.74, 6) is 0.666. The van der Waals surface area contributed by atoms with Crippen molar-refractivity contribution in [2.24, 2.45) is 0 Å². The highest BCUT2D eigenvalue weighted by Crippen LogP contribution is 2.25. The summed E-state index contributed by atoms with van der Waals surface area (Å²) in [6, 6.07) is 10.4. The fourth-order valence-electron chi connectivity index (χ4n) is 2.13. The number of rotatable bonds is 9. The maximum Gasteiger partial charge on any atom is 0.240 e. The Labute approximate surface area is 147 Å². The van der Waals surface area contributed by atoms with Gasteiger partial charge in [0.2, 0.25) is 10.0 Å². The van der Waals surface area contributed by atoms with Crippen LogP contribution in [-0.4, -0.2) is 28.7 Å². The van der Waals surface area contributed by atoms with Gasteiger partial charge in [0.15, 0.2) is 0 Å². The first-order valence-electron chi connectivity index (χ1n) is 7.78. The molecule has 2 aromatic rings. The Morgan fingerprint density at radius 3 is 2.42 bits per heavy atom. The van der Waals surface area contributed by atoms with Crippen LogP contribution in [0, 0.1) is 6.92 Å². The van der Waals surface area contributed by atoms with Crippen LogP contribution in [0.1, 0.15) is 29.2 Å². The Morgan fingerprint density at radius 2 is 1.88 bits per heavy atom. The third-order valence-electron chi connectivity index (χ3n) is 3.43. The van der Waals surface area contributed by atoms with E-state index in [1.54, 1.807) is 42.7 Å². The molecule has 0 bridgehead atoms. The largest absolute Gasteiger partial charge is 0.494 e. The molecule has 0 aliphatic carbocycles. The molecule has 5 nitrogen and oxygen atoms in total. The first-order valence-corrected chi connectivity index (χ1v) is 10.1. The van der Waals surface area contributed by atoms with Crippen LogP contribution in [0.2, 0.25) is 0 Å². The van der Waals surface area contributed by atoms with E-state index in [2.05, 4.69) is 4.72 Å². The van der Waals surface area contributed by atoms with Crippen LogP contribution in [0.4, 0.5) is 0 Å². The van der Waals surface area contributed by atoms with Crippen molar-refractivity contribution in [1.82, 2.24) is 4.72 Å². The molecule has 7 heteroatoms. The molecular weight excluding hydrogens is 346 g/mol. The standard InChI is InChI=1S/C17H23NO4S2/c1-4-11-22-14-6-8-15(9-7-14)24(19,20)18-12-16(21-3)17-10-5-13(2)23-17/h5-10,16,18H,4,11-12H2,1-3H3. The van der Waals surface area contributed by atoms with Crippen molar-refractivity contribution < 1.29 is 17.9 Å². The van der Waals surface area contributed by atoms with E-state index in [1.807, 2.05) is 26.0 Å². The highest BCUT2D eigenvalue weighted by atomic mass is 32.2. The molecule has 1 aromatic carbocycles. The summed E-state index contributed by atoms with van der Waals surface area (Å²) in [4.78, 5) is 2.38. The molecule has 1 heterocycles. The normalized spacial score (nSPS) is 13.0. The topological polar surface area (TPSA) is 64.6 Å². The van der Waals surface area contributed by atoms with E-state index < -0.39 is 10.0 Å². The molecule has 1 N–H and O–H groups in total. The molecule has 2 rings (SSSR count). The van der Waals surface area contributed by atoms with Gasteiger partial charge in [0, 0.05) is 23.4 Å². The predicted octanol–water partition coefficient (Wildman–Crippen LogP) is 3.51. The van der Waals surface area contributed by atoms with E-state index in [4.69, 9.17) is 9.47 Å². The Balaban J connectivity index is 2.02. The van der Waals surface area contributed by atoms with Crippen molar-refractivity contribution in [3.63, 3.8) is 0 Å². The third-order valence-corrected chi connectivity index (χ3v) is 5.96. The summed E-state index contributed by atoms with van der Waals surface area (Å²) >= 11 is 1.60. The molecule has 0 amide bonds. The van der Waals surface area contributed by atoms with Crippen LogP contribution >= 0.6 is 11.3 Å². The van der Waals surface area contributed by atoms with Crippen molar-refractivity contribution in [1.29, 1.82) is 0 Å². The maximum absolute atomic E-state index is 12.4. The molecule has 0 fully saturated rings. The number of nitrogens with one attached hydrogen (secondary N) is 1. The zero-order chi connectivity index (χ0) is 17.6. The van der Waals surface area contributed by atoms with E-state index in [1.165, 1.54) is 0 Å². The van der Waals surface area contributed by atoms with E-state index >= 15 is 0 Å². The second-order valence-corrected chi connectivity index (χ2v) is 8.43. The van der Waals surface area contributed by atoms with Crippen LogP contribution < -0.4 is 9.46 Å². The lowest BCUT2D eigenvalue weighted by Crippen LogP contribution is -2.29. The highest BCUT2D eigenvalue weighted by molar-refractivity contribution is 7.89. The average molecular weight is 370 g/mol. The van der Waals surface area contributed by atoms with Crippen molar-refractivity contribution >= 4 is 21.4 Å². The number of aryl methyl sites for hydroxylation is 1. The average Bonchev–Trinajstić information content (AvgIpc) is 3.00. The second kappa shape index (κ2) is 8.62. The first kappa shape index (κ1) is 18.9. The van der Waals surface area contributed by atoms with E-state index in [0.29, 0.717) is 12.4 Å². The van der Waals surface area contributed by atoms with Gasteiger partial charge in [-0.1, -0.05) is 6.92 Å². The summed E-state index contributed by atoms with van der Waals surface area (Å²) in [6.07, 6.45) is 0.605. The number of benzene rings is 1. The summed E-state index contributed by atoms with van der Waals surface area (Å²) in [7, 11) is -2.01. The summed E-state index contributed by atoms with van der Waals surface area (Å²) in [5.41, 5.74) is 0. The molecule has 0 radical (unpaired) electrons. The summed E-state index contributed by atoms with van der Waals surface area (Å²) in [6.45, 7) is 4.82. The zero-order valence-electron chi connectivity index (χ0n) is 14.1. The van der Waals surface area contributed by atoms with E-state index in [-0.39, 0.29) is 17.5 Å². The molecule has 132 valence electrons. The van der Waals surface area contributed by atoms with Crippen molar-refractivity contribution in [3.05, 3.63) is 46.2 Å². The maximum atomic E-state index is 12.4. The molecular formula is C17H23NO4S2. The number of thiophene rings is 1. The van der Waals surface area contributed by atoms with E-state index in [0.717, 1.165) is 16.2 Å². The van der Waals surface area contributed by atoms with Gasteiger partial charge in [0.05, 0.1) is 11.5 Å². The summed E-state index contributed by atoms with van der Waals surface area (Å²) < 4.78 is 38.3. The Morgan fingerprint density at radius 1 is 1.17 bits per heavy atom. The molecule has 1 unspecified atom stereocenters. The second-order valence-electron chi connectivity index (χ2n) is 5.34. The van der Waals surface area contributed by atoms with Gasteiger partial charge in [-0.05, 0) is 49.7 Å². The first-order chi connectivity index (χ1) is 11.5. The van der Waals surface area contributed by atoms with Crippen LogP contribution in [0.5, 0.6) is 5.75 Å². The number of hydrogen-bond acceptors (Lipinski definition) is 5. The van der Waals surface area contributed by atoms with Crippen molar-refractivity contribution in [2.45, 2.75) is 31.3 Å². The number of hydrogen-bond donors (Lipinski definition) is 1. The minimum Gasteiger partial charge on any atom is -0.494 e. The van der Waals surface area contributed by atoms with Gasteiger partial charge in [-0.2, -0.15) is 0 Å². The Hall–Kier alpha value is -1.41. The predicted molar refractivity (Wildman–Crippen MR) is 96.2 cm³/mol. The third kappa shape index (κ3) is 5.04. The Kier molecular flexibility index (Phi) is 6.79. The van der Waals surface area contributed by atoms with E-state index in [9.17, 15) is 8.42 Å². The van der Waals surface area contributed by atoms with Gasteiger partial charge in [-0.25, -0.2) is 13.1 Å². The van der Waals surface area contributed by atoms with Crippen molar-refractivity contribution in [2.75, 3.05) is 20.3 Å². The van der Waals surface area contributed by atoms with Crippen LogP contribution in [0.25, 0.3) is 0 Å². The number of ether oxygens (including phenoxy) is 2. The number of methoxy groups -OCH3 is 1. The van der Waals surface area contributed by atoms with Gasteiger partial charge in [0.25, 0.3) is 0 Å². The van der Waals surface area contributed by atoms with Crippen LogP contribution in [0.3, 0.4) is 0 Å². The van der Waals surface area contributed by atoms with Gasteiger partial charge < -0.3 is 9.47 Å². The number of sulfonamides is 1. The molecule has 0 spiro atoms. The molecule has 1 aromatic heterocycles. The molecule has 1 atom stereocenters. The lowest BCUT2D eigenvalue weighted by Gasteiger charge is -2.15. The summed E-state index contributed by atoms with van der Waals surface area (Å²) in [5, 5.41) is 0. The van der Waals surface area contributed by atoms with Gasteiger partial charge in [0.1, 0.15) is 11.9 Å². The SMILES string of the molecule is CCCOc1ccc(S(=O)(=O)NCC(OC)c2ccc(C)s2)cc1. The smallest absolute Gasteiger partial charge is 0.240 e. The van der Waals surface area contributed by atoms with Gasteiger partial charge >= 0.3 is 0 Å². The lowest BCUT2D eigenvalue weighted by molar-refractivity contribution is 0.110. The van der Waals surface area contributed by atoms with Crippen molar-refractivity contribution in [3.8, 4) is 5.75 Å². The lowest BCUT2D eigenvalue weighted by atomic mass is 10.3. The highest BCUT2D eigenvalue weighted by Gasteiger charge is 2.19. The monoisotopic (exact) mass is 369 g/mol. The molecule has 0 saturated carbocycles. The molecule has 24 heavy (non-hydrogen) atoms. The fourth-order valence-corrected chi connectivity index (χ4v) is 4.12. The van der Waals surface area contributed by atoms with Crippen LogP contribution in [-0.2, 0) is 14.8 Å². The van der Waals surface area contributed by atoms with Gasteiger partial charge in [-0.15, -0.1) is 11.3 Å². The minimum absolute atomic E-state index is 0.187. The fraction of sp³-hybridized carbons (Fsp3) is 0.412. The quantitative estimate of drug-likeness (QED) is 0.735. The van der Waals surface area contributed by atoms with Crippen LogP contribution in [0.15, 0.2) is 41.3 Å².